The number of carbonyl (C=O) groups excluding carboxylic acids is 1. The molecule has 6 nitrogen and oxygen atoms in total. The molecule has 1 amide bonds. The van der Waals surface area contributed by atoms with Crippen LogP contribution in [0.3, 0.4) is 0 Å². The lowest BCUT2D eigenvalue weighted by molar-refractivity contribution is 0.102. The highest BCUT2D eigenvalue weighted by molar-refractivity contribution is 6.03. The molecule has 0 saturated heterocycles. The van der Waals surface area contributed by atoms with Gasteiger partial charge >= 0.3 is 0 Å². The molecule has 0 aliphatic heterocycles. The van der Waals surface area contributed by atoms with Crippen LogP contribution in [0.25, 0.3) is 0 Å². The van der Waals surface area contributed by atoms with Crippen molar-refractivity contribution < 1.29 is 9.53 Å². The molecule has 110 valence electrons. The summed E-state index contributed by atoms with van der Waals surface area (Å²) in [6.07, 6.45) is 2.99. The number of anilines is 2. The first-order valence-corrected chi connectivity index (χ1v) is 6.66. The monoisotopic (exact) mass is 286 g/mol. The fourth-order valence-corrected chi connectivity index (χ4v) is 1.81. The number of carbonyl (C=O) groups is 1. The summed E-state index contributed by atoms with van der Waals surface area (Å²) in [6, 6.07) is 5.45. The van der Waals surface area contributed by atoms with Crippen LogP contribution >= 0.6 is 0 Å². The van der Waals surface area contributed by atoms with Crippen LogP contribution in [0, 0.1) is 6.92 Å². The zero-order chi connectivity index (χ0) is 15.2. The van der Waals surface area contributed by atoms with Crippen molar-refractivity contribution in [1.29, 1.82) is 0 Å². The van der Waals surface area contributed by atoms with E-state index in [4.69, 9.17) is 4.74 Å². The Kier molecular flexibility index (Phi) is 4.71. The molecule has 1 heterocycles. The molecule has 1 aromatic carbocycles. The first-order valence-electron chi connectivity index (χ1n) is 6.66. The van der Waals surface area contributed by atoms with Gasteiger partial charge in [0, 0.05) is 12.2 Å². The topological polar surface area (TPSA) is 76.1 Å². The van der Waals surface area contributed by atoms with Crippen molar-refractivity contribution in [3.05, 3.63) is 41.9 Å². The lowest BCUT2D eigenvalue weighted by Crippen LogP contribution is -2.15. The van der Waals surface area contributed by atoms with Gasteiger partial charge in [0.1, 0.15) is 17.3 Å². The molecule has 0 spiro atoms. The Morgan fingerprint density at radius 1 is 1.29 bits per heavy atom. The van der Waals surface area contributed by atoms with Crippen LogP contribution in [0.5, 0.6) is 5.75 Å². The van der Waals surface area contributed by atoms with Crippen molar-refractivity contribution >= 4 is 17.4 Å². The van der Waals surface area contributed by atoms with Crippen LogP contribution in [0.15, 0.2) is 30.6 Å². The average Bonchev–Trinajstić information content (AvgIpc) is 2.50. The summed E-state index contributed by atoms with van der Waals surface area (Å²) in [5.41, 5.74) is 1.91. The van der Waals surface area contributed by atoms with Gasteiger partial charge in [0.15, 0.2) is 0 Å². The summed E-state index contributed by atoms with van der Waals surface area (Å²) >= 11 is 0. The molecule has 0 fully saturated rings. The first-order chi connectivity index (χ1) is 10.1. The Bertz CT molecular complexity index is 626. The molecule has 0 radical (unpaired) electrons. The first kappa shape index (κ1) is 14.8. The quantitative estimate of drug-likeness (QED) is 0.883. The minimum atomic E-state index is -0.293. The fourth-order valence-electron chi connectivity index (χ4n) is 1.81. The normalized spacial score (nSPS) is 10.0. The van der Waals surface area contributed by atoms with Crippen LogP contribution < -0.4 is 15.4 Å². The number of nitrogens with zero attached hydrogens (tertiary/aromatic N) is 2. The minimum absolute atomic E-state index is 0.270. The van der Waals surface area contributed by atoms with Crippen LogP contribution in [-0.2, 0) is 0 Å². The number of benzene rings is 1. The number of nitrogens with one attached hydrogen (secondary N) is 2. The van der Waals surface area contributed by atoms with E-state index in [1.54, 1.807) is 25.4 Å². The molecular formula is C15H18N4O2. The van der Waals surface area contributed by atoms with Crippen molar-refractivity contribution in [2.45, 2.75) is 13.8 Å². The maximum Gasteiger partial charge on any atom is 0.275 e. The molecule has 0 aliphatic rings. The van der Waals surface area contributed by atoms with Gasteiger partial charge in [0.05, 0.1) is 19.5 Å². The van der Waals surface area contributed by atoms with Gasteiger partial charge < -0.3 is 15.4 Å². The van der Waals surface area contributed by atoms with E-state index >= 15 is 0 Å². The molecule has 1 aromatic heterocycles. The van der Waals surface area contributed by atoms with Crippen molar-refractivity contribution in [3.8, 4) is 5.75 Å². The van der Waals surface area contributed by atoms with Crippen LogP contribution in [0.4, 0.5) is 11.5 Å². The van der Waals surface area contributed by atoms with E-state index in [0.29, 0.717) is 5.82 Å². The van der Waals surface area contributed by atoms with E-state index < -0.39 is 0 Å². The number of ether oxygens (including phenoxy) is 1. The van der Waals surface area contributed by atoms with Gasteiger partial charge in [-0.3, -0.25) is 4.79 Å². The Hall–Kier alpha value is -2.63. The number of rotatable bonds is 5. The van der Waals surface area contributed by atoms with Gasteiger partial charge in [0.25, 0.3) is 5.91 Å². The van der Waals surface area contributed by atoms with Gasteiger partial charge in [-0.2, -0.15) is 0 Å². The SMILES string of the molecule is CCNc1cnc(C(=O)Nc2ccc(OC)cc2C)cn1. The number of aromatic nitrogens is 2. The highest BCUT2D eigenvalue weighted by Gasteiger charge is 2.10. The van der Waals surface area contributed by atoms with Gasteiger partial charge in [-0.05, 0) is 37.6 Å². The van der Waals surface area contributed by atoms with E-state index in [9.17, 15) is 4.79 Å². The van der Waals surface area contributed by atoms with E-state index in [0.717, 1.165) is 23.5 Å². The van der Waals surface area contributed by atoms with E-state index in [2.05, 4.69) is 20.6 Å². The standard InChI is InChI=1S/C15H18N4O2/c1-4-16-14-9-17-13(8-18-14)15(20)19-12-6-5-11(21-3)7-10(12)2/h5-9H,4H2,1-3H3,(H,16,18)(H,19,20). The van der Waals surface area contributed by atoms with Gasteiger partial charge in [-0.1, -0.05) is 0 Å². The number of hydrogen-bond donors (Lipinski definition) is 2. The average molecular weight is 286 g/mol. The Labute approximate surface area is 123 Å². The van der Waals surface area contributed by atoms with Crippen LogP contribution in [0.2, 0.25) is 0 Å². The second-order valence-corrected chi connectivity index (χ2v) is 4.45. The second kappa shape index (κ2) is 6.69. The summed E-state index contributed by atoms with van der Waals surface area (Å²) in [4.78, 5) is 20.3. The minimum Gasteiger partial charge on any atom is -0.497 e. The highest BCUT2D eigenvalue weighted by Crippen LogP contribution is 2.21. The van der Waals surface area contributed by atoms with Crippen LogP contribution in [0.1, 0.15) is 23.0 Å². The summed E-state index contributed by atoms with van der Waals surface area (Å²) in [6.45, 7) is 4.62. The van der Waals surface area contributed by atoms with Gasteiger partial charge in [-0.25, -0.2) is 9.97 Å². The Morgan fingerprint density at radius 2 is 2.10 bits per heavy atom. The van der Waals surface area contributed by atoms with E-state index in [1.807, 2.05) is 19.9 Å². The third-order valence-corrected chi connectivity index (χ3v) is 2.92. The van der Waals surface area contributed by atoms with Gasteiger partial charge in [-0.15, -0.1) is 0 Å². The molecule has 6 heteroatoms. The van der Waals surface area contributed by atoms with E-state index in [1.165, 1.54) is 6.20 Å². The zero-order valence-electron chi connectivity index (χ0n) is 12.3. The van der Waals surface area contributed by atoms with Crippen molar-refractivity contribution in [2.75, 3.05) is 24.3 Å². The Balaban J connectivity index is 2.10. The summed E-state index contributed by atoms with van der Waals surface area (Å²) in [5, 5.41) is 5.84. The van der Waals surface area contributed by atoms with E-state index in [-0.39, 0.29) is 11.6 Å². The molecule has 2 N–H and O–H groups in total. The second-order valence-electron chi connectivity index (χ2n) is 4.45. The maximum absolute atomic E-state index is 12.1. The maximum atomic E-state index is 12.1. The smallest absolute Gasteiger partial charge is 0.275 e. The number of amides is 1. The molecule has 0 atom stereocenters. The molecule has 2 rings (SSSR count). The van der Waals surface area contributed by atoms with Crippen molar-refractivity contribution in [3.63, 3.8) is 0 Å². The highest BCUT2D eigenvalue weighted by atomic mass is 16.5. The number of aryl methyl sites for hydroxylation is 1. The van der Waals surface area contributed by atoms with Crippen molar-refractivity contribution in [1.82, 2.24) is 9.97 Å². The zero-order valence-corrected chi connectivity index (χ0v) is 12.3. The third kappa shape index (κ3) is 3.68. The summed E-state index contributed by atoms with van der Waals surface area (Å²) in [5.74, 6) is 1.11. The number of methoxy groups -OCH3 is 1. The van der Waals surface area contributed by atoms with Crippen molar-refractivity contribution in [2.24, 2.45) is 0 Å². The summed E-state index contributed by atoms with van der Waals surface area (Å²) < 4.78 is 5.13. The van der Waals surface area contributed by atoms with Gasteiger partial charge in [0.2, 0.25) is 0 Å². The predicted octanol–water partition coefficient (Wildman–Crippen LogP) is 2.48. The molecule has 21 heavy (non-hydrogen) atoms. The fraction of sp³-hybridized carbons (Fsp3) is 0.267. The molecule has 0 unspecified atom stereocenters. The molecule has 2 aromatic rings. The molecule has 0 bridgehead atoms. The molecule has 0 aliphatic carbocycles. The number of hydrogen-bond acceptors (Lipinski definition) is 5. The van der Waals surface area contributed by atoms with Crippen LogP contribution in [-0.4, -0.2) is 29.5 Å². The molecule has 0 saturated carbocycles. The predicted molar refractivity (Wildman–Crippen MR) is 81.9 cm³/mol. The lowest BCUT2D eigenvalue weighted by atomic mass is 10.2. The Morgan fingerprint density at radius 3 is 2.67 bits per heavy atom. The third-order valence-electron chi connectivity index (χ3n) is 2.92. The lowest BCUT2D eigenvalue weighted by Gasteiger charge is -2.09. The molecular weight excluding hydrogens is 268 g/mol. The largest absolute Gasteiger partial charge is 0.497 e. The summed E-state index contributed by atoms with van der Waals surface area (Å²) in [7, 11) is 1.61.